The number of nitrogens with one attached hydrogen (secondary N) is 1. The second kappa shape index (κ2) is 6.41. The van der Waals surface area contributed by atoms with E-state index in [1.165, 1.54) is 0 Å². The molecule has 0 aliphatic carbocycles. The highest BCUT2D eigenvalue weighted by atomic mass is 79.9. The number of aliphatic hydroxyl groups excluding tert-OH is 2. The first-order chi connectivity index (χ1) is 11.6. The van der Waals surface area contributed by atoms with E-state index in [0.29, 0.717) is 0 Å². The van der Waals surface area contributed by atoms with E-state index in [0.717, 1.165) is 4.57 Å². The van der Waals surface area contributed by atoms with Gasteiger partial charge in [-0.1, -0.05) is 0 Å². The summed E-state index contributed by atoms with van der Waals surface area (Å²) in [6, 6.07) is 0. The molecule has 4 atom stereocenters. The van der Waals surface area contributed by atoms with Crippen molar-refractivity contribution in [3.8, 4) is 0 Å². The molecular weight excluding hydrogens is 429 g/mol. The van der Waals surface area contributed by atoms with Crippen LogP contribution in [0, 0.1) is 0 Å². The van der Waals surface area contributed by atoms with Crippen molar-refractivity contribution in [1.82, 2.24) is 19.5 Å². The highest BCUT2D eigenvalue weighted by molar-refractivity contribution is 9.10. The molecular formula is C10H13BrN5O8P. The van der Waals surface area contributed by atoms with E-state index in [9.17, 15) is 19.6 Å². The molecule has 0 saturated carbocycles. The van der Waals surface area contributed by atoms with Crippen LogP contribution in [0.1, 0.15) is 6.23 Å². The number of fused-ring (bicyclic) bond motifs is 1. The fourth-order valence-electron chi connectivity index (χ4n) is 2.35. The Morgan fingerprint density at radius 1 is 1.36 bits per heavy atom. The lowest BCUT2D eigenvalue weighted by atomic mass is 10.2. The Labute approximate surface area is 146 Å². The first-order valence-electron chi connectivity index (χ1n) is 6.69. The monoisotopic (exact) mass is 441 g/mol. The zero-order valence-corrected chi connectivity index (χ0v) is 14.7. The molecule has 0 amide bonds. The summed E-state index contributed by atoms with van der Waals surface area (Å²) in [5.74, 6) is -0.200. The lowest BCUT2D eigenvalue weighted by molar-refractivity contribution is -0.167. The lowest BCUT2D eigenvalue weighted by Crippen LogP contribution is -2.33. The van der Waals surface area contributed by atoms with Gasteiger partial charge in [-0.05, 0) is 15.9 Å². The molecule has 0 bridgehead atoms. The van der Waals surface area contributed by atoms with E-state index in [1.54, 1.807) is 0 Å². The number of hydrogen-bond acceptors (Lipinski definition) is 9. The maximum absolute atomic E-state index is 11.9. The van der Waals surface area contributed by atoms with Crippen LogP contribution in [0.3, 0.4) is 0 Å². The SMILES string of the molecule is Nc1nc2c(nc(Br)n2[C@@H]2O[C@H](OCP(=O)(O)O)C(O)[C@@H]2O)c(=O)[nH]1. The molecule has 25 heavy (non-hydrogen) atoms. The van der Waals surface area contributed by atoms with Gasteiger partial charge in [0.1, 0.15) is 12.2 Å². The summed E-state index contributed by atoms with van der Waals surface area (Å²) in [7, 11) is -4.50. The number of nitrogens with two attached hydrogens (primary N) is 1. The molecule has 1 aliphatic rings. The molecule has 15 heteroatoms. The largest absolute Gasteiger partial charge is 0.385 e. The number of hydrogen-bond donors (Lipinski definition) is 6. The van der Waals surface area contributed by atoms with Crippen LogP contribution >= 0.6 is 23.5 Å². The zero-order valence-electron chi connectivity index (χ0n) is 12.2. The molecule has 2 aromatic rings. The minimum Gasteiger partial charge on any atom is -0.385 e. The quantitative estimate of drug-likeness (QED) is 0.230. The van der Waals surface area contributed by atoms with E-state index in [1.807, 2.05) is 0 Å². The molecule has 1 fully saturated rings. The Morgan fingerprint density at radius 3 is 2.68 bits per heavy atom. The predicted octanol–water partition coefficient (Wildman–Crippen LogP) is -1.81. The molecule has 2 aromatic heterocycles. The number of nitrogen functional groups attached to an aromatic ring is 1. The van der Waals surface area contributed by atoms with Crippen LogP contribution in [-0.2, 0) is 14.0 Å². The number of H-pyrrole nitrogens is 1. The third-order valence-corrected chi connectivity index (χ3v) is 4.43. The topological polar surface area (TPSA) is 206 Å². The van der Waals surface area contributed by atoms with Crippen molar-refractivity contribution in [1.29, 1.82) is 0 Å². The van der Waals surface area contributed by atoms with E-state index >= 15 is 0 Å². The first-order valence-corrected chi connectivity index (χ1v) is 9.28. The molecule has 0 spiro atoms. The summed E-state index contributed by atoms with van der Waals surface area (Å²) in [6.45, 7) is 0. The third kappa shape index (κ3) is 3.47. The third-order valence-electron chi connectivity index (χ3n) is 3.38. The molecule has 7 N–H and O–H groups in total. The Balaban J connectivity index is 1.97. The number of ether oxygens (including phenoxy) is 2. The number of aromatic amines is 1. The Bertz CT molecular complexity index is 911. The summed E-state index contributed by atoms with van der Waals surface area (Å²) >= 11 is 3.10. The van der Waals surface area contributed by atoms with Crippen molar-refractivity contribution in [2.24, 2.45) is 0 Å². The number of nitrogens with zero attached hydrogens (tertiary/aromatic N) is 3. The number of halogens is 1. The van der Waals surface area contributed by atoms with Crippen molar-refractivity contribution in [3.63, 3.8) is 0 Å². The minimum absolute atomic E-state index is 0.0278. The van der Waals surface area contributed by atoms with E-state index in [-0.39, 0.29) is 21.8 Å². The first kappa shape index (κ1) is 18.4. The van der Waals surface area contributed by atoms with Gasteiger partial charge in [-0.2, -0.15) is 4.98 Å². The van der Waals surface area contributed by atoms with Crippen LogP contribution in [0.5, 0.6) is 0 Å². The van der Waals surface area contributed by atoms with Gasteiger partial charge in [0.2, 0.25) is 5.95 Å². The van der Waals surface area contributed by atoms with E-state index in [2.05, 4.69) is 30.9 Å². The maximum Gasteiger partial charge on any atom is 0.351 e. The zero-order chi connectivity index (χ0) is 18.5. The molecule has 3 rings (SSSR count). The van der Waals surface area contributed by atoms with Gasteiger partial charge >= 0.3 is 7.60 Å². The van der Waals surface area contributed by atoms with Crippen LogP contribution in [-0.4, -0.2) is 64.4 Å². The van der Waals surface area contributed by atoms with Crippen molar-refractivity contribution < 1.29 is 34.0 Å². The summed E-state index contributed by atoms with van der Waals surface area (Å²) < 4.78 is 22.2. The lowest BCUT2D eigenvalue weighted by Gasteiger charge is -2.17. The number of rotatable bonds is 4. The highest BCUT2D eigenvalue weighted by Gasteiger charge is 2.46. The Hall–Kier alpha value is -1.38. The van der Waals surface area contributed by atoms with Crippen LogP contribution < -0.4 is 11.3 Å². The smallest absolute Gasteiger partial charge is 0.351 e. The van der Waals surface area contributed by atoms with E-state index < -0.39 is 44.2 Å². The van der Waals surface area contributed by atoms with Gasteiger partial charge in [-0.25, -0.2) is 4.98 Å². The number of aliphatic hydroxyl groups is 2. The maximum atomic E-state index is 11.9. The van der Waals surface area contributed by atoms with Crippen molar-refractivity contribution in [2.75, 3.05) is 12.1 Å². The molecule has 0 radical (unpaired) electrons. The summed E-state index contributed by atoms with van der Waals surface area (Å²) in [6.07, 6.45) is -7.00. The standard InChI is InChI=1S/C10H13BrN5O8P/c11-9-13-2-5(14-10(12)15-6(2)19)16(9)7-3(17)4(18)8(24-7)23-1-25(20,21)22/h3-4,7-8,17-18H,1H2,(H2,20,21,22)(H3,12,14,15,19)/t3-,4?,7+,8-/m0/s1. The van der Waals surface area contributed by atoms with Gasteiger partial charge in [0, 0.05) is 0 Å². The number of aromatic nitrogens is 4. The Morgan fingerprint density at radius 2 is 2.04 bits per heavy atom. The van der Waals surface area contributed by atoms with Gasteiger partial charge in [0.05, 0.1) is 0 Å². The van der Waals surface area contributed by atoms with Crippen molar-refractivity contribution in [3.05, 3.63) is 15.1 Å². The van der Waals surface area contributed by atoms with Crippen LogP contribution in [0.15, 0.2) is 9.53 Å². The molecule has 1 saturated heterocycles. The van der Waals surface area contributed by atoms with Crippen LogP contribution in [0.2, 0.25) is 0 Å². The van der Waals surface area contributed by atoms with Gasteiger partial charge in [0.25, 0.3) is 5.56 Å². The summed E-state index contributed by atoms with van der Waals surface area (Å²) in [5, 5.41) is 20.2. The fourth-order valence-corrected chi connectivity index (χ4v) is 3.24. The highest BCUT2D eigenvalue weighted by Crippen LogP contribution is 2.38. The summed E-state index contributed by atoms with van der Waals surface area (Å²) in [5.41, 5.74) is 4.76. The average molecular weight is 442 g/mol. The van der Waals surface area contributed by atoms with Crippen molar-refractivity contribution >= 4 is 40.6 Å². The molecule has 13 nitrogen and oxygen atoms in total. The van der Waals surface area contributed by atoms with Gasteiger partial charge < -0.3 is 35.2 Å². The predicted molar refractivity (Wildman–Crippen MR) is 84.2 cm³/mol. The van der Waals surface area contributed by atoms with Crippen molar-refractivity contribution in [2.45, 2.75) is 24.7 Å². The number of anilines is 1. The normalized spacial score (nSPS) is 27.2. The molecule has 1 aliphatic heterocycles. The molecule has 1 unspecified atom stereocenters. The minimum atomic E-state index is -4.50. The van der Waals surface area contributed by atoms with Gasteiger partial charge in [0.15, 0.2) is 34.8 Å². The van der Waals surface area contributed by atoms with Crippen LogP contribution in [0.4, 0.5) is 5.95 Å². The van der Waals surface area contributed by atoms with E-state index in [4.69, 9.17) is 25.0 Å². The summed E-state index contributed by atoms with van der Waals surface area (Å²) in [4.78, 5) is 39.7. The second-order valence-corrected chi connectivity index (χ2v) is 7.51. The van der Waals surface area contributed by atoms with Gasteiger partial charge in [-0.15, -0.1) is 0 Å². The number of imidazole rings is 1. The molecule has 0 aromatic carbocycles. The second-order valence-electron chi connectivity index (χ2n) is 5.21. The molecule has 3 heterocycles. The van der Waals surface area contributed by atoms with Gasteiger partial charge in [-0.3, -0.25) is 18.9 Å². The Kier molecular flexibility index (Phi) is 4.72. The van der Waals surface area contributed by atoms with Crippen LogP contribution in [0.25, 0.3) is 11.2 Å². The average Bonchev–Trinajstić information content (AvgIpc) is 2.95. The fraction of sp³-hybridized carbons (Fsp3) is 0.500. The molecule has 138 valence electrons.